The number of rotatable bonds is 5. The highest BCUT2D eigenvalue weighted by Gasteiger charge is 2.19. The van der Waals surface area contributed by atoms with Crippen LogP contribution in [0.15, 0.2) is 221 Å². The molecular weight excluding hydrogens is 799 g/mol. The highest BCUT2D eigenvalue weighted by Crippen LogP contribution is 2.44. The maximum Gasteiger partial charge on any atom is 0.135 e. The van der Waals surface area contributed by atoms with Crippen LogP contribution in [0.4, 0.5) is 0 Å². The highest BCUT2D eigenvalue weighted by molar-refractivity contribution is 7.25. The highest BCUT2D eigenvalue weighted by atomic mass is 32.1. The van der Waals surface area contributed by atoms with Crippen LogP contribution in [0.3, 0.4) is 0 Å². The van der Waals surface area contributed by atoms with Crippen molar-refractivity contribution in [3.05, 3.63) is 212 Å². The minimum absolute atomic E-state index is 0.895. The first kappa shape index (κ1) is 35.4. The molecule has 0 amide bonds. The molecule has 14 rings (SSSR count). The number of thiophene rings is 1. The second-order valence-electron chi connectivity index (χ2n) is 16.9. The van der Waals surface area contributed by atoms with E-state index < -0.39 is 0 Å². The number of hydrogen-bond donors (Lipinski definition) is 0. The zero-order valence-electron chi connectivity index (χ0n) is 34.4. The average Bonchev–Trinajstić information content (AvgIpc) is 4.11. The van der Waals surface area contributed by atoms with Gasteiger partial charge in [-0.15, -0.1) is 11.3 Å². The molecule has 0 saturated heterocycles. The van der Waals surface area contributed by atoms with Gasteiger partial charge in [0.25, 0.3) is 0 Å². The van der Waals surface area contributed by atoms with Crippen LogP contribution in [0.2, 0.25) is 0 Å². The Hall–Kier alpha value is -8.18. The van der Waals surface area contributed by atoms with Gasteiger partial charge in [-0.05, 0) is 142 Å². The summed E-state index contributed by atoms with van der Waals surface area (Å²) in [4.78, 5) is 0. The Labute approximate surface area is 371 Å². The van der Waals surface area contributed by atoms with E-state index in [2.05, 4.69) is 217 Å². The molecule has 4 heterocycles. The van der Waals surface area contributed by atoms with E-state index in [4.69, 9.17) is 8.83 Å². The van der Waals surface area contributed by atoms with Gasteiger partial charge in [-0.2, -0.15) is 0 Å². The molecule has 0 aliphatic rings. The van der Waals surface area contributed by atoms with Crippen molar-refractivity contribution in [3.63, 3.8) is 0 Å². The first-order valence-electron chi connectivity index (χ1n) is 21.7. The molecule has 0 aliphatic carbocycles. The van der Waals surface area contributed by atoms with Crippen molar-refractivity contribution in [2.75, 3.05) is 0 Å². The second-order valence-corrected chi connectivity index (χ2v) is 17.9. The van der Waals surface area contributed by atoms with Crippen molar-refractivity contribution in [3.8, 4) is 50.2 Å². The Bertz CT molecular complexity index is 4170. The van der Waals surface area contributed by atoms with E-state index in [0.29, 0.717) is 0 Å². The first-order chi connectivity index (χ1) is 31.7. The predicted molar refractivity (Wildman–Crippen MR) is 270 cm³/mol. The van der Waals surface area contributed by atoms with Crippen LogP contribution in [-0.2, 0) is 0 Å². The van der Waals surface area contributed by atoms with Crippen molar-refractivity contribution in [1.29, 1.82) is 0 Å². The maximum atomic E-state index is 6.36. The normalized spacial score (nSPS) is 12.1. The number of furan rings is 2. The number of para-hydroxylation sites is 1. The SMILES string of the molecule is c1ccc(-c2ccc3oc4ccc(-c5ccc6sc7cc8c(cc7c6c5)c5cc(-c6ccc7oc9ccc(-c%10ccccc%10)cc9c7c6)ccc5n8-c5ccccc5)cc4c3c2)cc1. The van der Waals surface area contributed by atoms with Crippen LogP contribution in [0.5, 0.6) is 0 Å². The van der Waals surface area contributed by atoms with Gasteiger partial charge in [0.2, 0.25) is 0 Å². The van der Waals surface area contributed by atoms with Gasteiger partial charge < -0.3 is 13.4 Å². The van der Waals surface area contributed by atoms with Crippen LogP contribution in [0.25, 0.3) is 136 Å². The Balaban J connectivity index is 0.926. The Morgan fingerprint density at radius 2 is 0.656 bits per heavy atom. The lowest BCUT2D eigenvalue weighted by Gasteiger charge is -2.08. The van der Waals surface area contributed by atoms with Gasteiger partial charge in [0.1, 0.15) is 22.3 Å². The lowest BCUT2D eigenvalue weighted by atomic mass is 9.98. The van der Waals surface area contributed by atoms with Gasteiger partial charge in [0.05, 0.1) is 11.0 Å². The molecule has 0 aliphatic heterocycles. The fraction of sp³-hybridized carbons (Fsp3) is 0. The number of benzene rings is 10. The zero-order chi connectivity index (χ0) is 41.9. The molecule has 0 fully saturated rings. The molecule has 3 nitrogen and oxygen atoms in total. The van der Waals surface area contributed by atoms with Crippen molar-refractivity contribution < 1.29 is 8.83 Å². The molecule has 64 heavy (non-hydrogen) atoms. The van der Waals surface area contributed by atoms with E-state index in [1.165, 1.54) is 80.9 Å². The molecule has 0 radical (unpaired) electrons. The fourth-order valence-corrected chi connectivity index (χ4v) is 11.1. The molecule has 0 spiro atoms. The third-order valence-electron chi connectivity index (χ3n) is 13.2. The van der Waals surface area contributed by atoms with E-state index in [-0.39, 0.29) is 0 Å². The summed E-state index contributed by atoms with van der Waals surface area (Å²) in [6.45, 7) is 0. The summed E-state index contributed by atoms with van der Waals surface area (Å²) < 4.78 is 17.7. The van der Waals surface area contributed by atoms with E-state index in [1.807, 2.05) is 11.3 Å². The Morgan fingerprint density at radius 3 is 1.17 bits per heavy atom. The lowest BCUT2D eigenvalue weighted by Crippen LogP contribution is -1.92. The molecule has 0 bridgehead atoms. The molecule has 14 aromatic rings. The van der Waals surface area contributed by atoms with Gasteiger partial charge in [0, 0.05) is 58.2 Å². The van der Waals surface area contributed by atoms with Gasteiger partial charge in [-0.1, -0.05) is 115 Å². The number of fused-ring (bicyclic) bond motifs is 12. The molecular formula is C60H35NO2S. The quantitative estimate of drug-likeness (QED) is 0.173. The van der Waals surface area contributed by atoms with Gasteiger partial charge in [-0.3, -0.25) is 0 Å². The Kier molecular flexibility index (Phi) is 7.56. The van der Waals surface area contributed by atoms with Gasteiger partial charge >= 0.3 is 0 Å². The van der Waals surface area contributed by atoms with Crippen molar-refractivity contribution in [2.24, 2.45) is 0 Å². The fourth-order valence-electron chi connectivity index (χ4n) is 10.0. The third kappa shape index (κ3) is 5.46. The molecule has 0 atom stereocenters. The van der Waals surface area contributed by atoms with Crippen LogP contribution in [-0.4, -0.2) is 4.57 Å². The van der Waals surface area contributed by atoms with Gasteiger partial charge in [0.15, 0.2) is 0 Å². The first-order valence-corrected chi connectivity index (χ1v) is 22.5. The minimum Gasteiger partial charge on any atom is -0.456 e. The summed E-state index contributed by atoms with van der Waals surface area (Å²) in [6.07, 6.45) is 0. The van der Waals surface area contributed by atoms with Crippen LogP contribution in [0, 0.1) is 0 Å². The van der Waals surface area contributed by atoms with E-state index in [0.717, 1.165) is 55.1 Å². The smallest absolute Gasteiger partial charge is 0.135 e. The summed E-state index contributed by atoms with van der Waals surface area (Å²) in [5, 5.41) is 9.51. The van der Waals surface area contributed by atoms with E-state index in [9.17, 15) is 0 Å². The minimum atomic E-state index is 0.895. The lowest BCUT2D eigenvalue weighted by molar-refractivity contribution is 0.668. The van der Waals surface area contributed by atoms with E-state index >= 15 is 0 Å². The summed E-state index contributed by atoms with van der Waals surface area (Å²) in [5.74, 6) is 0. The summed E-state index contributed by atoms with van der Waals surface area (Å²) >= 11 is 1.86. The van der Waals surface area contributed by atoms with Crippen molar-refractivity contribution >= 4 is 97.2 Å². The number of hydrogen-bond acceptors (Lipinski definition) is 3. The van der Waals surface area contributed by atoms with Crippen LogP contribution >= 0.6 is 11.3 Å². The summed E-state index contributed by atoms with van der Waals surface area (Å²) in [7, 11) is 0. The number of nitrogens with zero attached hydrogens (tertiary/aromatic N) is 1. The van der Waals surface area contributed by atoms with Crippen molar-refractivity contribution in [1.82, 2.24) is 4.57 Å². The molecule has 10 aromatic carbocycles. The second kappa shape index (κ2) is 13.7. The predicted octanol–water partition coefficient (Wildman–Crippen LogP) is 17.6. The largest absolute Gasteiger partial charge is 0.456 e. The van der Waals surface area contributed by atoms with Crippen LogP contribution in [0.1, 0.15) is 0 Å². The van der Waals surface area contributed by atoms with Gasteiger partial charge in [-0.25, -0.2) is 0 Å². The summed E-state index contributed by atoms with van der Waals surface area (Å²) in [6, 6.07) is 76.8. The molecule has 0 saturated carbocycles. The molecule has 4 heteroatoms. The molecule has 298 valence electrons. The molecule has 0 unspecified atom stereocenters. The topological polar surface area (TPSA) is 31.2 Å². The monoisotopic (exact) mass is 833 g/mol. The van der Waals surface area contributed by atoms with Crippen LogP contribution < -0.4 is 0 Å². The summed E-state index contributed by atoms with van der Waals surface area (Å²) in [5.41, 5.74) is 16.6. The number of aromatic nitrogens is 1. The Morgan fingerprint density at radius 1 is 0.266 bits per heavy atom. The molecule has 4 aromatic heterocycles. The zero-order valence-corrected chi connectivity index (χ0v) is 35.2. The molecule has 0 N–H and O–H groups in total. The van der Waals surface area contributed by atoms with Crippen molar-refractivity contribution in [2.45, 2.75) is 0 Å². The third-order valence-corrected chi connectivity index (χ3v) is 14.3. The standard InChI is InChI=1S/C60H35NO2S/c1-4-10-36(11-5-1)38-17-23-55-47(29-38)49-31-41(19-25-57(49)62-55)40-16-22-53-45(28-40)46-34-52-51-33-43(21-27-59(51)64-60(52)35-54(46)61(53)44-14-8-3-9-15-44)42-20-26-58-50(32-42)48-30-39(18-24-56(48)63-58)37-12-6-2-7-13-37/h1-35H. The maximum absolute atomic E-state index is 6.36. The van der Waals surface area contributed by atoms with E-state index in [1.54, 1.807) is 0 Å². The average molecular weight is 834 g/mol.